The van der Waals surface area contributed by atoms with Crippen molar-refractivity contribution in [3.63, 3.8) is 0 Å². The minimum absolute atomic E-state index is 0.0788. The van der Waals surface area contributed by atoms with E-state index in [0.717, 1.165) is 11.1 Å². The SMILES string of the molecule is COc1ccc(C)cc1S(=O)(=O)N1CCC(C(=O)N2C[C@H](C(=O)NCc3ccccc3)Oc3ccccc32)CC1. The molecule has 1 fully saturated rings. The van der Waals surface area contributed by atoms with Crippen LogP contribution < -0.4 is 19.7 Å². The zero-order valence-electron chi connectivity index (χ0n) is 22.6. The van der Waals surface area contributed by atoms with Crippen LogP contribution in [0.2, 0.25) is 0 Å². The third kappa shape index (κ3) is 5.68. The number of nitrogens with one attached hydrogen (secondary N) is 1. The van der Waals surface area contributed by atoms with Crippen LogP contribution in [0.15, 0.2) is 77.7 Å². The first-order valence-corrected chi connectivity index (χ1v) is 14.8. The molecular weight excluding hydrogens is 530 g/mol. The number of carbonyl (C=O) groups is 2. The smallest absolute Gasteiger partial charge is 0.263 e. The van der Waals surface area contributed by atoms with Crippen LogP contribution in [0.5, 0.6) is 11.5 Å². The number of amides is 2. The van der Waals surface area contributed by atoms with E-state index < -0.39 is 16.1 Å². The van der Waals surface area contributed by atoms with Crippen molar-refractivity contribution in [3.05, 3.63) is 83.9 Å². The standard InChI is InChI=1S/C30H33N3O6S/c1-21-12-13-26(38-2)28(18-21)40(36,37)32-16-14-23(15-17-32)30(35)33-20-27(39-25-11-7-6-10-24(25)33)29(34)31-19-22-8-4-3-5-9-22/h3-13,18,23,27H,14-17,19-20H2,1-2H3,(H,31,34)/t27-/m1/s1. The van der Waals surface area contributed by atoms with Crippen LogP contribution in [0.3, 0.4) is 0 Å². The Morgan fingerprint density at radius 1 is 1.00 bits per heavy atom. The van der Waals surface area contributed by atoms with Crippen molar-refractivity contribution in [1.29, 1.82) is 0 Å². The van der Waals surface area contributed by atoms with Crippen LogP contribution >= 0.6 is 0 Å². The number of aryl methyl sites for hydroxylation is 1. The Morgan fingerprint density at radius 2 is 1.70 bits per heavy atom. The zero-order chi connectivity index (χ0) is 28.3. The highest BCUT2D eigenvalue weighted by atomic mass is 32.2. The van der Waals surface area contributed by atoms with Crippen LogP contribution in [0.25, 0.3) is 0 Å². The molecule has 2 aliphatic rings. The molecule has 0 bridgehead atoms. The summed E-state index contributed by atoms with van der Waals surface area (Å²) < 4.78 is 39.6. The van der Waals surface area contributed by atoms with Crippen LogP contribution in [-0.4, -0.2) is 57.4 Å². The molecule has 0 radical (unpaired) electrons. The summed E-state index contributed by atoms with van der Waals surface area (Å²) in [6.45, 7) is 2.69. The molecule has 0 saturated carbocycles. The summed E-state index contributed by atoms with van der Waals surface area (Å²) >= 11 is 0. The summed E-state index contributed by atoms with van der Waals surface area (Å²) in [6.07, 6.45) is -0.121. The highest BCUT2D eigenvalue weighted by Gasteiger charge is 2.39. The fraction of sp³-hybridized carbons (Fsp3) is 0.333. The van der Waals surface area contributed by atoms with Crippen molar-refractivity contribution < 1.29 is 27.5 Å². The number of methoxy groups -OCH3 is 1. The normalized spacial score (nSPS) is 17.9. The summed E-state index contributed by atoms with van der Waals surface area (Å²) in [5.74, 6) is -0.0603. The van der Waals surface area contributed by atoms with Crippen LogP contribution in [0.1, 0.15) is 24.0 Å². The van der Waals surface area contributed by atoms with Gasteiger partial charge in [-0.05, 0) is 55.2 Å². The number of ether oxygens (including phenoxy) is 2. The van der Waals surface area contributed by atoms with E-state index in [1.165, 1.54) is 11.4 Å². The van der Waals surface area contributed by atoms with E-state index in [2.05, 4.69) is 5.32 Å². The van der Waals surface area contributed by atoms with Crippen LogP contribution in [0, 0.1) is 12.8 Å². The van der Waals surface area contributed by atoms with Gasteiger partial charge in [-0.1, -0.05) is 48.5 Å². The molecule has 9 nitrogen and oxygen atoms in total. The first kappa shape index (κ1) is 27.7. The third-order valence-corrected chi connectivity index (χ3v) is 9.30. The van der Waals surface area contributed by atoms with Gasteiger partial charge in [0.15, 0.2) is 6.10 Å². The molecule has 0 aliphatic carbocycles. The molecule has 3 aromatic rings. The Labute approximate surface area is 234 Å². The lowest BCUT2D eigenvalue weighted by Crippen LogP contribution is -2.53. The fourth-order valence-electron chi connectivity index (χ4n) is 5.17. The minimum Gasteiger partial charge on any atom is -0.495 e. The van der Waals surface area contributed by atoms with Gasteiger partial charge in [-0.15, -0.1) is 0 Å². The lowest BCUT2D eigenvalue weighted by Gasteiger charge is -2.38. The molecule has 0 unspecified atom stereocenters. The van der Waals surface area contributed by atoms with Gasteiger partial charge < -0.3 is 19.7 Å². The average molecular weight is 564 g/mol. The molecule has 1 saturated heterocycles. The number of hydrogen-bond acceptors (Lipinski definition) is 6. The largest absolute Gasteiger partial charge is 0.495 e. The van der Waals surface area contributed by atoms with Gasteiger partial charge in [0, 0.05) is 25.6 Å². The number of piperidine rings is 1. The Balaban J connectivity index is 1.28. The summed E-state index contributed by atoms with van der Waals surface area (Å²) in [5, 5.41) is 2.90. The quantitative estimate of drug-likeness (QED) is 0.472. The molecule has 2 heterocycles. The molecular formula is C30H33N3O6S. The first-order valence-electron chi connectivity index (χ1n) is 13.3. The number of sulfonamides is 1. The number of nitrogens with zero attached hydrogens (tertiary/aromatic N) is 2. The maximum Gasteiger partial charge on any atom is 0.263 e. The molecule has 5 rings (SSSR count). The number of carbonyl (C=O) groups excluding carboxylic acids is 2. The Hall–Kier alpha value is -3.89. The minimum atomic E-state index is -3.79. The third-order valence-electron chi connectivity index (χ3n) is 7.38. The number of anilines is 1. The van der Waals surface area contributed by atoms with Crippen molar-refractivity contribution in [2.24, 2.45) is 5.92 Å². The van der Waals surface area contributed by atoms with E-state index in [-0.39, 0.29) is 42.3 Å². The number of para-hydroxylation sites is 2. The number of benzene rings is 3. The summed E-state index contributed by atoms with van der Waals surface area (Å²) in [6, 6.07) is 21.8. The number of fused-ring (bicyclic) bond motifs is 1. The van der Waals surface area contributed by atoms with Gasteiger partial charge in [-0.3, -0.25) is 9.59 Å². The summed E-state index contributed by atoms with van der Waals surface area (Å²) in [7, 11) is -2.34. The van der Waals surface area contributed by atoms with Crippen molar-refractivity contribution in [2.75, 3.05) is 31.6 Å². The van der Waals surface area contributed by atoms with Crippen LogP contribution in [0.4, 0.5) is 5.69 Å². The van der Waals surface area contributed by atoms with Gasteiger partial charge in [-0.25, -0.2) is 8.42 Å². The molecule has 40 heavy (non-hydrogen) atoms. The lowest BCUT2D eigenvalue weighted by atomic mass is 9.95. The highest BCUT2D eigenvalue weighted by Crippen LogP contribution is 2.36. The predicted molar refractivity (Wildman–Crippen MR) is 151 cm³/mol. The Morgan fingerprint density at radius 3 is 2.42 bits per heavy atom. The molecule has 1 N–H and O–H groups in total. The van der Waals surface area contributed by atoms with E-state index in [4.69, 9.17) is 9.47 Å². The Kier molecular flexibility index (Phi) is 8.09. The maximum atomic E-state index is 13.8. The van der Waals surface area contributed by atoms with Crippen LogP contribution in [-0.2, 0) is 26.2 Å². The van der Waals surface area contributed by atoms with Gasteiger partial charge in [0.2, 0.25) is 15.9 Å². The molecule has 10 heteroatoms. The molecule has 0 spiro atoms. The van der Waals surface area contributed by atoms with E-state index >= 15 is 0 Å². The molecule has 2 aliphatic heterocycles. The van der Waals surface area contributed by atoms with Gasteiger partial charge in [0.05, 0.1) is 19.3 Å². The van der Waals surface area contributed by atoms with Crippen molar-refractivity contribution >= 4 is 27.5 Å². The second kappa shape index (κ2) is 11.7. The van der Waals surface area contributed by atoms with Gasteiger partial charge in [-0.2, -0.15) is 4.31 Å². The number of rotatable bonds is 7. The predicted octanol–water partition coefficient (Wildman–Crippen LogP) is 3.51. The fourth-order valence-corrected chi connectivity index (χ4v) is 6.88. The maximum absolute atomic E-state index is 13.8. The molecule has 2 amide bonds. The summed E-state index contributed by atoms with van der Waals surface area (Å²) in [5.41, 5.74) is 2.39. The van der Waals surface area contributed by atoms with E-state index in [0.29, 0.717) is 36.6 Å². The van der Waals surface area contributed by atoms with Gasteiger partial charge in [0.1, 0.15) is 16.4 Å². The van der Waals surface area contributed by atoms with E-state index in [9.17, 15) is 18.0 Å². The Bertz CT molecular complexity index is 1490. The second-order valence-corrected chi connectivity index (χ2v) is 12.0. The average Bonchev–Trinajstić information content (AvgIpc) is 2.99. The lowest BCUT2D eigenvalue weighted by molar-refractivity contribution is -0.129. The summed E-state index contributed by atoms with van der Waals surface area (Å²) in [4.78, 5) is 28.6. The van der Waals surface area contributed by atoms with E-state index in [1.54, 1.807) is 41.3 Å². The molecule has 1 atom stereocenters. The number of hydrogen-bond donors (Lipinski definition) is 1. The topological polar surface area (TPSA) is 105 Å². The van der Waals surface area contributed by atoms with Gasteiger partial charge >= 0.3 is 0 Å². The molecule has 0 aromatic heterocycles. The van der Waals surface area contributed by atoms with E-state index in [1.807, 2.05) is 43.3 Å². The second-order valence-electron chi connectivity index (χ2n) is 10.1. The van der Waals surface area contributed by atoms with Gasteiger partial charge in [0.25, 0.3) is 5.91 Å². The first-order chi connectivity index (χ1) is 19.3. The van der Waals surface area contributed by atoms with Crippen molar-refractivity contribution in [1.82, 2.24) is 9.62 Å². The van der Waals surface area contributed by atoms with Crippen molar-refractivity contribution in [3.8, 4) is 11.5 Å². The highest BCUT2D eigenvalue weighted by molar-refractivity contribution is 7.89. The van der Waals surface area contributed by atoms with Crippen molar-refractivity contribution in [2.45, 2.75) is 37.3 Å². The monoisotopic (exact) mass is 563 g/mol. The zero-order valence-corrected chi connectivity index (χ0v) is 23.4. The molecule has 3 aromatic carbocycles. The molecule has 210 valence electrons.